The van der Waals surface area contributed by atoms with Crippen molar-refractivity contribution in [3.63, 3.8) is 0 Å². The van der Waals surface area contributed by atoms with Gasteiger partial charge in [0, 0.05) is 12.4 Å². The first-order valence-electron chi connectivity index (χ1n) is 4.47. The molecule has 0 amide bonds. The van der Waals surface area contributed by atoms with Crippen LogP contribution in [0.15, 0.2) is 12.4 Å². The van der Waals surface area contributed by atoms with Gasteiger partial charge in [-0.05, 0) is 18.8 Å². The molecule has 1 aliphatic rings. The zero-order valence-electron chi connectivity index (χ0n) is 7.70. The van der Waals surface area contributed by atoms with Gasteiger partial charge in [-0.15, -0.1) is 0 Å². The lowest BCUT2D eigenvalue weighted by Crippen LogP contribution is -2.49. The molecule has 0 bridgehead atoms. The monoisotopic (exact) mass is 173 g/mol. The van der Waals surface area contributed by atoms with E-state index in [0.717, 1.165) is 18.7 Å². The fourth-order valence-corrected chi connectivity index (χ4v) is 1.96. The maximum Gasteiger partial charge on any atom is 0.147 e. The van der Waals surface area contributed by atoms with Crippen molar-refractivity contribution in [3.05, 3.63) is 18.2 Å². The molecule has 1 aromatic rings. The van der Waals surface area contributed by atoms with Gasteiger partial charge in [-0.2, -0.15) is 0 Å². The smallest absolute Gasteiger partial charge is 0.147 e. The number of aromatic nitrogens is 2. The summed E-state index contributed by atoms with van der Waals surface area (Å²) in [5.41, 5.74) is 6.38. The fourth-order valence-electron chi connectivity index (χ4n) is 1.96. The third-order valence-corrected chi connectivity index (χ3v) is 2.54. The van der Waals surface area contributed by atoms with Crippen LogP contribution < -0.4 is 11.2 Å². The summed E-state index contributed by atoms with van der Waals surface area (Å²) in [7, 11) is 5.49. The molecule has 0 unspecified atom stereocenters. The highest BCUT2D eigenvalue weighted by Crippen LogP contribution is 2.41. The molecule has 2 radical (unpaired) electrons. The molecule has 1 fully saturated rings. The quantitative estimate of drug-likeness (QED) is 0.601. The van der Waals surface area contributed by atoms with Crippen LogP contribution in [0, 0.1) is 5.92 Å². The van der Waals surface area contributed by atoms with Crippen LogP contribution in [0.25, 0.3) is 0 Å². The van der Waals surface area contributed by atoms with E-state index in [9.17, 15) is 0 Å². The summed E-state index contributed by atoms with van der Waals surface area (Å²) in [5, 5.41) is 0. The normalized spacial score (nSPS) is 32.6. The zero-order chi connectivity index (χ0) is 9.47. The number of nitrogens with two attached hydrogens (primary N) is 1. The maximum atomic E-state index is 6.10. The maximum absolute atomic E-state index is 6.10. The van der Waals surface area contributed by atoms with E-state index in [-0.39, 0.29) is 5.54 Å². The van der Waals surface area contributed by atoms with Gasteiger partial charge in [-0.25, -0.2) is 9.97 Å². The third kappa shape index (κ3) is 1.46. The molecule has 0 aliphatic heterocycles. The average molecular weight is 173 g/mol. The second-order valence-electron chi connectivity index (χ2n) is 4.01. The lowest BCUT2D eigenvalue weighted by molar-refractivity contribution is 0.153. The summed E-state index contributed by atoms with van der Waals surface area (Å²) in [5.74, 6) is 1.41. The number of hydrogen-bond donors (Lipinski definition) is 1. The van der Waals surface area contributed by atoms with Crippen molar-refractivity contribution in [2.75, 3.05) is 0 Å². The van der Waals surface area contributed by atoms with E-state index in [1.54, 1.807) is 12.4 Å². The topological polar surface area (TPSA) is 51.8 Å². The molecule has 0 aromatic carbocycles. The molecule has 3 nitrogen and oxygen atoms in total. The highest BCUT2D eigenvalue weighted by molar-refractivity contribution is 6.31. The van der Waals surface area contributed by atoms with Gasteiger partial charge in [-0.1, -0.05) is 12.4 Å². The Balaban J connectivity index is 2.22. The lowest BCUT2D eigenvalue weighted by atomic mass is 9.69. The van der Waals surface area contributed by atoms with E-state index in [0.29, 0.717) is 11.4 Å². The van der Waals surface area contributed by atoms with Crippen molar-refractivity contribution in [2.24, 2.45) is 11.7 Å². The number of nitrogens with zero attached hydrogens (tertiary/aromatic N) is 2. The SMILES string of the molecule is [B]c1cnc(C2(N)CC(C)C2)nc1. The lowest BCUT2D eigenvalue weighted by Gasteiger charge is -2.41. The van der Waals surface area contributed by atoms with Gasteiger partial charge in [0.25, 0.3) is 0 Å². The van der Waals surface area contributed by atoms with Crippen LogP contribution >= 0.6 is 0 Å². The molecule has 2 rings (SSSR count). The average Bonchev–Trinajstić information content (AvgIpc) is 2.03. The van der Waals surface area contributed by atoms with Crippen molar-refractivity contribution in [3.8, 4) is 0 Å². The number of hydrogen-bond acceptors (Lipinski definition) is 3. The predicted octanol–water partition coefficient (Wildman–Crippen LogP) is -0.146. The molecule has 0 saturated heterocycles. The van der Waals surface area contributed by atoms with E-state index < -0.39 is 0 Å². The molecule has 0 atom stereocenters. The Morgan fingerprint density at radius 2 is 2.00 bits per heavy atom. The second kappa shape index (κ2) is 2.81. The Morgan fingerprint density at radius 1 is 1.46 bits per heavy atom. The van der Waals surface area contributed by atoms with Crippen LogP contribution in [-0.4, -0.2) is 17.8 Å². The van der Waals surface area contributed by atoms with Gasteiger partial charge in [0.15, 0.2) is 0 Å². The minimum absolute atomic E-state index is 0.298. The number of rotatable bonds is 1. The Morgan fingerprint density at radius 3 is 2.46 bits per heavy atom. The zero-order valence-corrected chi connectivity index (χ0v) is 7.70. The van der Waals surface area contributed by atoms with Gasteiger partial charge >= 0.3 is 0 Å². The molecule has 4 heteroatoms. The summed E-state index contributed by atoms with van der Waals surface area (Å²) in [6, 6.07) is 0. The Kier molecular flexibility index (Phi) is 1.88. The minimum atomic E-state index is -0.298. The van der Waals surface area contributed by atoms with Crippen molar-refractivity contribution in [1.29, 1.82) is 0 Å². The third-order valence-electron chi connectivity index (χ3n) is 2.54. The van der Waals surface area contributed by atoms with E-state index in [1.165, 1.54) is 0 Å². The van der Waals surface area contributed by atoms with Crippen LogP contribution in [0.5, 0.6) is 0 Å². The molecule has 1 aromatic heterocycles. The summed E-state index contributed by atoms with van der Waals surface area (Å²) in [6.07, 6.45) is 5.16. The van der Waals surface area contributed by atoms with Gasteiger partial charge in [0.2, 0.25) is 0 Å². The van der Waals surface area contributed by atoms with E-state index in [2.05, 4.69) is 16.9 Å². The Bertz CT molecular complexity index is 303. The van der Waals surface area contributed by atoms with E-state index >= 15 is 0 Å². The molecule has 66 valence electrons. The second-order valence-corrected chi connectivity index (χ2v) is 4.01. The predicted molar refractivity (Wildman–Crippen MR) is 51.7 cm³/mol. The summed E-state index contributed by atoms with van der Waals surface area (Å²) in [4.78, 5) is 8.29. The molecule has 13 heavy (non-hydrogen) atoms. The molecule has 1 saturated carbocycles. The van der Waals surface area contributed by atoms with Crippen LogP contribution in [0.3, 0.4) is 0 Å². The summed E-state index contributed by atoms with van der Waals surface area (Å²) in [6.45, 7) is 2.18. The minimum Gasteiger partial charge on any atom is -0.319 e. The first-order valence-corrected chi connectivity index (χ1v) is 4.47. The van der Waals surface area contributed by atoms with E-state index in [4.69, 9.17) is 13.6 Å². The van der Waals surface area contributed by atoms with Gasteiger partial charge < -0.3 is 5.73 Å². The first-order chi connectivity index (χ1) is 6.10. The molecule has 1 heterocycles. The van der Waals surface area contributed by atoms with Crippen LogP contribution in [0.4, 0.5) is 0 Å². The van der Waals surface area contributed by atoms with Crippen LogP contribution in [-0.2, 0) is 5.54 Å². The van der Waals surface area contributed by atoms with Crippen LogP contribution in [0.2, 0.25) is 0 Å². The Labute approximate surface area is 79.2 Å². The highest BCUT2D eigenvalue weighted by atomic mass is 15.0. The highest BCUT2D eigenvalue weighted by Gasteiger charge is 2.42. The van der Waals surface area contributed by atoms with Crippen LogP contribution in [0.1, 0.15) is 25.6 Å². The van der Waals surface area contributed by atoms with Crippen molar-refractivity contribution in [1.82, 2.24) is 9.97 Å². The van der Waals surface area contributed by atoms with Crippen molar-refractivity contribution < 1.29 is 0 Å². The molecule has 1 aliphatic carbocycles. The molecule has 0 spiro atoms. The van der Waals surface area contributed by atoms with E-state index in [1.807, 2.05) is 0 Å². The van der Waals surface area contributed by atoms with Crippen molar-refractivity contribution in [2.45, 2.75) is 25.3 Å². The summed E-state index contributed by atoms with van der Waals surface area (Å²) >= 11 is 0. The fraction of sp³-hybridized carbons (Fsp3) is 0.556. The Hall–Kier alpha value is -0.895. The van der Waals surface area contributed by atoms with Crippen molar-refractivity contribution >= 4 is 13.3 Å². The standard InChI is InChI=1S/C9H12BN3/c1-6-2-9(11,3-6)8-12-4-7(10)5-13-8/h4-6H,2-3,11H2,1H3. The largest absolute Gasteiger partial charge is 0.319 e. The first kappa shape index (κ1) is 8.69. The van der Waals surface area contributed by atoms with Gasteiger partial charge in [0.05, 0.1) is 5.54 Å². The molecule has 2 N–H and O–H groups in total. The molecular formula is C9H12BN3. The van der Waals surface area contributed by atoms with Gasteiger partial charge in [0.1, 0.15) is 13.7 Å². The van der Waals surface area contributed by atoms with Gasteiger partial charge in [-0.3, -0.25) is 0 Å². The summed E-state index contributed by atoms with van der Waals surface area (Å²) < 4.78 is 0. The molecular weight excluding hydrogens is 161 g/mol.